The summed E-state index contributed by atoms with van der Waals surface area (Å²) in [5.74, 6) is 0.783. The molecule has 1 heterocycles. The maximum Gasteiger partial charge on any atom is 0.338 e. The predicted octanol–water partition coefficient (Wildman–Crippen LogP) is 3.14. The summed E-state index contributed by atoms with van der Waals surface area (Å²) in [5.41, 5.74) is 0.514. The lowest BCUT2D eigenvalue weighted by Crippen LogP contribution is -2.51. The van der Waals surface area contributed by atoms with Crippen molar-refractivity contribution in [2.45, 2.75) is 63.2 Å². The predicted molar refractivity (Wildman–Crippen MR) is 138 cm³/mol. The minimum absolute atomic E-state index is 0.0854. The molecule has 5 fully saturated rings. The summed E-state index contributed by atoms with van der Waals surface area (Å²) < 4.78 is 37.6. The van der Waals surface area contributed by atoms with Crippen LogP contribution in [0.15, 0.2) is 29.2 Å². The lowest BCUT2D eigenvalue weighted by Gasteiger charge is -2.56. The molecule has 0 atom stereocenters. The summed E-state index contributed by atoms with van der Waals surface area (Å²) in [6.07, 6.45) is 8.33. The number of hydrogen-bond donors (Lipinski definition) is 1. The van der Waals surface area contributed by atoms with Crippen molar-refractivity contribution in [2.75, 3.05) is 32.8 Å². The monoisotopic (exact) mass is 546 g/mol. The van der Waals surface area contributed by atoms with E-state index in [1.54, 1.807) is 6.92 Å². The number of amides is 1. The minimum atomic E-state index is -3.75. The summed E-state index contributed by atoms with van der Waals surface area (Å²) in [5, 5.41) is 3.03. The maximum atomic E-state index is 13.0. The average Bonchev–Trinajstić information content (AvgIpc) is 2.90. The van der Waals surface area contributed by atoms with Crippen LogP contribution in [0.25, 0.3) is 0 Å². The quantitative estimate of drug-likeness (QED) is 0.473. The standard InChI is InChI=1S/C28H38N2O7S/c1-2-36-26(32)22-3-5-24(6-4-22)38(34,35)30-9-7-23(8-10-30)27(33)37-17-25(31)29-18-28-14-19-11-20(15-28)13-21(12-19)16-28/h3-6,19-21,23H,2,7-18H2,1H3,(H,29,31). The highest BCUT2D eigenvalue weighted by Crippen LogP contribution is 2.59. The molecule has 4 aliphatic carbocycles. The summed E-state index contributed by atoms with van der Waals surface area (Å²) in [6.45, 7) is 2.68. The van der Waals surface area contributed by atoms with E-state index in [4.69, 9.17) is 9.47 Å². The topological polar surface area (TPSA) is 119 Å². The van der Waals surface area contributed by atoms with Gasteiger partial charge in [-0.05, 0) is 106 Å². The van der Waals surface area contributed by atoms with Gasteiger partial charge in [-0.25, -0.2) is 13.2 Å². The van der Waals surface area contributed by atoms with Crippen LogP contribution in [0.1, 0.15) is 68.6 Å². The number of sulfonamides is 1. The molecule has 4 bridgehead atoms. The van der Waals surface area contributed by atoms with Crippen LogP contribution in [0.5, 0.6) is 0 Å². The summed E-state index contributed by atoms with van der Waals surface area (Å²) >= 11 is 0. The number of piperidine rings is 1. The van der Waals surface area contributed by atoms with Gasteiger partial charge in [-0.15, -0.1) is 0 Å². The van der Waals surface area contributed by atoms with Gasteiger partial charge in [0.15, 0.2) is 6.61 Å². The van der Waals surface area contributed by atoms with E-state index in [1.807, 2.05) is 0 Å². The van der Waals surface area contributed by atoms with Crippen LogP contribution in [-0.4, -0.2) is 63.4 Å². The Hall–Kier alpha value is -2.46. The second-order valence-electron chi connectivity index (χ2n) is 11.7. The molecular formula is C28H38N2O7S. The summed E-state index contributed by atoms with van der Waals surface area (Å²) in [7, 11) is -3.75. The lowest BCUT2D eigenvalue weighted by atomic mass is 9.49. The highest BCUT2D eigenvalue weighted by molar-refractivity contribution is 7.89. The lowest BCUT2D eigenvalue weighted by molar-refractivity contribution is -0.154. The number of rotatable bonds is 9. The molecule has 0 aromatic heterocycles. The summed E-state index contributed by atoms with van der Waals surface area (Å²) in [6, 6.07) is 5.65. The van der Waals surface area contributed by atoms with Crippen molar-refractivity contribution >= 4 is 27.9 Å². The van der Waals surface area contributed by atoms with Crippen molar-refractivity contribution in [1.29, 1.82) is 0 Å². The molecule has 1 saturated heterocycles. The van der Waals surface area contributed by atoms with Gasteiger partial charge in [0, 0.05) is 19.6 Å². The van der Waals surface area contributed by atoms with Crippen LogP contribution in [-0.2, 0) is 29.1 Å². The van der Waals surface area contributed by atoms with Crippen molar-refractivity contribution in [1.82, 2.24) is 9.62 Å². The number of hydrogen-bond acceptors (Lipinski definition) is 7. The zero-order chi connectivity index (χ0) is 26.9. The van der Waals surface area contributed by atoms with Gasteiger partial charge in [0.05, 0.1) is 23.0 Å². The van der Waals surface area contributed by atoms with Crippen LogP contribution < -0.4 is 5.32 Å². The number of nitrogens with zero attached hydrogens (tertiary/aromatic N) is 1. The number of carbonyl (C=O) groups excluding carboxylic acids is 3. The van der Waals surface area contributed by atoms with Crippen molar-refractivity contribution < 1.29 is 32.3 Å². The van der Waals surface area contributed by atoms with Gasteiger partial charge in [-0.2, -0.15) is 4.31 Å². The second-order valence-corrected chi connectivity index (χ2v) is 13.7. The SMILES string of the molecule is CCOC(=O)c1ccc(S(=O)(=O)N2CCC(C(=O)OCC(=O)NCC34CC5CC(CC(C5)C3)C4)CC2)cc1. The minimum Gasteiger partial charge on any atom is -0.462 e. The Morgan fingerprint density at radius 2 is 1.53 bits per heavy atom. The first-order chi connectivity index (χ1) is 18.2. The van der Waals surface area contributed by atoms with Gasteiger partial charge in [-0.3, -0.25) is 9.59 Å². The van der Waals surface area contributed by atoms with Gasteiger partial charge in [0.25, 0.3) is 5.91 Å². The first-order valence-corrected chi connectivity index (χ1v) is 15.3. The molecule has 0 unspecified atom stereocenters. The Morgan fingerprint density at radius 1 is 0.947 bits per heavy atom. The first kappa shape index (κ1) is 27.1. The molecule has 1 N–H and O–H groups in total. The Balaban J connectivity index is 1.05. The normalized spacial score (nSPS) is 29.1. The number of esters is 2. The van der Waals surface area contributed by atoms with E-state index in [-0.39, 0.29) is 48.1 Å². The molecule has 1 aromatic carbocycles. The van der Waals surface area contributed by atoms with Crippen molar-refractivity contribution in [3.05, 3.63) is 29.8 Å². The molecule has 0 radical (unpaired) electrons. The van der Waals surface area contributed by atoms with Crippen LogP contribution in [0.4, 0.5) is 0 Å². The number of carbonyl (C=O) groups is 3. The molecular weight excluding hydrogens is 508 g/mol. The largest absolute Gasteiger partial charge is 0.462 e. The number of nitrogens with one attached hydrogen (secondary N) is 1. The number of benzene rings is 1. The van der Waals surface area contributed by atoms with E-state index in [2.05, 4.69) is 5.32 Å². The maximum absolute atomic E-state index is 13.0. The first-order valence-electron chi connectivity index (χ1n) is 13.9. The van der Waals surface area contributed by atoms with E-state index >= 15 is 0 Å². The zero-order valence-corrected chi connectivity index (χ0v) is 22.8. The third-order valence-corrected chi connectivity index (χ3v) is 10.9. The Morgan fingerprint density at radius 3 is 2.08 bits per heavy atom. The van der Waals surface area contributed by atoms with Crippen LogP contribution in [0.3, 0.4) is 0 Å². The van der Waals surface area contributed by atoms with Crippen molar-refractivity contribution in [3.8, 4) is 0 Å². The Labute approximate surface area is 224 Å². The molecule has 1 amide bonds. The molecule has 1 aromatic rings. The average molecular weight is 547 g/mol. The van der Waals surface area contributed by atoms with Crippen LogP contribution >= 0.6 is 0 Å². The molecule has 10 heteroatoms. The van der Waals surface area contributed by atoms with E-state index < -0.39 is 27.9 Å². The fourth-order valence-corrected chi connectivity index (χ4v) is 9.03. The fraction of sp³-hybridized carbons (Fsp3) is 0.679. The molecule has 38 heavy (non-hydrogen) atoms. The number of ether oxygens (including phenoxy) is 2. The molecule has 4 saturated carbocycles. The molecule has 0 spiro atoms. The van der Waals surface area contributed by atoms with Crippen LogP contribution in [0, 0.1) is 29.1 Å². The van der Waals surface area contributed by atoms with Crippen molar-refractivity contribution in [2.24, 2.45) is 29.1 Å². The smallest absolute Gasteiger partial charge is 0.338 e. The molecule has 5 aliphatic rings. The van der Waals surface area contributed by atoms with Gasteiger partial charge >= 0.3 is 11.9 Å². The Kier molecular flexibility index (Phi) is 7.82. The highest BCUT2D eigenvalue weighted by Gasteiger charge is 2.50. The Bertz CT molecular complexity index is 1120. The van der Waals surface area contributed by atoms with Gasteiger partial charge < -0.3 is 14.8 Å². The third kappa shape index (κ3) is 5.76. The van der Waals surface area contributed by atoms with E-state index in [1.165, 1.54) is 67.1 Å². The molecule has 208 valence electrons. The highest BCUT2D eigenvalue weighted by atomic mass is 32.2. The van der Waals surface area contributed by atoms with Gasteiger partial charge in [0.1, 0.15) is 0 Å². The zero-order valence-electron chi connectivity index (χ0n) is 22.0. The molecule has 9 nitrogen and oxygen atoms in total. The van der Waals surface area contributed by atoms with Gasteiger partial charge in [-0.1, -0.05) is 0 Å². The van der Waals surface area contributed by atoms with Crippen LogP contribution in [0.2, 0.25) is 0 Å². The van der Waals surface area contributed by atoms with Gasteiger partial charge in [0.2, 0.25) is 10.0 Å². The molecule has 6 rings (SSSR count). The van der Waals surface area contributed by atoms with Crippen molar-refractivity contribution in [3.63, 3.8) is 0 Å². The van der Waals surface area contributed by atoms with E-state index in [0.717, 1.165) is 17.8 Å². The third-order valence-electron chi connectivity index (χ3n) is 8.96. The summed E-state index contributed by atoms with van der Waals surface area (Å²) in [4.78, 5) is 37.0. The van der Waals surface area contributed by atoms with E-state index in [9.17, 15) is 22.8 Å². The fourth-order valence-electron chi connectivity index (χ4n) is 7.56. The second kappa shape index (κ2) is 11.0. The van der Waals surface area contributed by atoms with E-state index in [0.29, 0.717) is 19.4 Å². The molecule has 1 aliphatic heterocycles.